The van der Waals surface area contributed by atoms with Gasteiger partial charge in [-0.2, -0.15) is 5.26 Å². The van der Waals surface area contributed by atoms with Crippen LogP contribution in [0.25, 0.3) is 0 Å². The zero-order valence-corrected chi connectivity index (χ0v) is 11.8. The van der Waals surface area contributed by atoms with Gasteiger partial charge in [0.15, 0.2) is 5.78 Å². The van der Waals surface area contributed by atoms with Crippen molar-refractivity contribution in [2.45, 2.75) is 12.8 Å². The summed E-state index contributed by atoms with van der Waals surface area (Å²) in [5.41, 5.74) is 1.37. The summed E-state index contributed by atoms with van der Waals surface area (Å²) < 4.78 is 19.0. The Labute approximate surface area is 122 Å². The molecule has 0 saturated heterocycles. The van der Waals surface area contributed by atoms with Gasteiger partial charge in [-0.1, -0.05) is 35.9 Å². The van der Waals surface area contributed by atoms with Crippen molar-refractivity contribution in [3.63, 3.8) is 0 Å². The smallest absolute Gasteiger partial charge is 0.191 e. The highest BCUT2D eigenvalue weighted by Crippen LogP contribution is 2.28. The first-order chi connectivity index (χ1) is 10.1. The number of nitrogens with zero attached hydrogens (tertiary/aromatic N) is 1. The summed E-state index contributed by atoms with van der Waals surface area (Å²) in [5.74, 6) is -2.22. The van der Waals surface area contributed by atoms with Crippen LogP contribution < -0.4 is 4.74 Å². The Balaban J connectivity index is 2.47. The van der Waals surface area contributed by atoms with Crippen LogP contribution in [0, 0.1) is 24.1 Å². The molecule has 2 aromatic rings. The molecule has 106 valence electrons. The summed E-state index contributed by atoms with van der Waals surface area (Å²) in [6, 6.07) is 13.1. The van der Waals surface area contributed by atoms with Gasteiger partial charge in [0.05, 0.1) is 18.7 Å². The number of halogens is 1. The maximum absolute atomic E-state index is 14.0. The number of Topliss-reactive ketones (excluding diaryl/α,β-unsaturated/α-hetero) is 1. The molecular weight excluding hydrogens is 269 g/mol. The number of hydrogen-bond donors (Lipinski definition) is 0. The van der Waals surface area contributed by atoms with Gasteiger partial charge in [-0.15, -0.1) is 0 Å². The van der Waals surface area contributed by atoms with Crippen molar-refractivity contribution in [2.75, 3.05) is 7.11 Å². The molecular formula is C17H14FNO2. The van der Waals surface area contributed by atoms with Crippen molar-refractivity contribution in [2.24, 2.45) is 0 Å². The van der Waals surface area contributed by atoms with Gasteiger partial charge in [-0.05, 0) is 24.6 Å². The second kappa shape index (κ2) is 6.19. The van der Waals surface area contributed by atoms with Crippen LogP contribution in [0.15, 0.2) is 42.5 Å². The van der Waals surface area contributed by atoms with Gasteiger partial charge in [-0.25, -0.2) is 4.39 Å². The molecule has 0 aliphatic rings. The molecule has 1 atom stereocenters. The molecule has 0 fully saturated rings. The normalized spacial score (nSPS) is 11.5. The van der Waals surface area contributed by atoms with Gasteiger partial charge in [0.25, 0.3) is 0 Å². The number of rotatable bonds is 4. The summed E-state index contributed by atoms with van der Waals surface area (Å²) in [5, 5.41) is 9.30. The Kier molecular flexibility index (Phi) is 4.34. The minimum Gasteiger partial charge on any atom is -0.496 e. The van der Waals surface area contributed by atoms with Crippen LogP contribution in [0.4, 0.5) is 4.39 Å². The van der Waals surface area contributed by atoms with Gasteiger partial charge in [0.1, 0.15) is 17.5 Å². The van der Waals surface area contributed by atoms with E-state index in [2.05, 4.69) is 0 Å². The molecule has 0 aliphatic carbocycles. The highest BCUT2D eigenvalue weighted by molar-refractivity contribution is 6.05. The highest BCUT2D eigenvalue weighted by atomic mass is 19.1. The number of methoxy groups -OCH3 is 1. The molecule has 1 unspecified atom stereocenters. The number of nitriles is 1. The van der Waals surface area contributed by atoms with Crippen LogP contribution in [-0.4, -0.2) is 12.9 Å². The fourth-order valence-corrected chi connectivity index (χ4v) is 2.10. The summed E-state index contributed by atoms with van der Waals surface area (Å²) in [6.07, 6.45) is 0. The summed E-state index contributed by atoms with van der Waals surface area (Å²) in [4.78, 5) is 12.5. The molecule has 0 aromatic heterocycles. The van der Waals surface area contributed by atoms with Gasteiger partial charge in [0.2, 0.25) is 0 Å². The first-order valence-corrected chi connectivity index (χ1v) is 6.41. The molecule has 4 heteroatoms. The van der Waals surface area contributed by atoms with E-state index in [-0.39, 0.29) is 11.3 Å². The van der Waals surface area contributed by atoms with Crippen LogP contribution in [0.2, 0.25) is 0 Å². The molecule has 0 spiro atoms. The predicted molar refractivity (Wildman–Crippen MR) is 76.8 cm³/mol. The van der Waals surface area contributed by atoms with E-state index in [1.807, 2.05) is 25.1 Å². The number of hydrogen-bond acceptors (Lipinski definition) is 3. The van der Waals surface area contributed by atoms with E-state index < -0.39 is 17.5 Å². The molecule has 0 amide bonds. The molecule has 0 radical (unpaired) electrons. The third kappa shape index (κ3) is 2.92. The molecule has 0 N–H and O–H groups in total. The fraction of sp³-hybridized carbons (Fsp3) is 0.176. The average Bonchev–Trinajstić information content (AvgIpc) is 2.49. The zero-order chi connectivity index (χ0) is 15.4. The second-order valence-corrected chi connectivity index (χ2v) is 4.65. The van der Waals surface area contributed by atoms with Crippen LogP contribution >= 0.6 is 0 Å². The second-order valence-electron chi connectivity index (χ2n) is 4.65. The van der Waals surface area contributed by atoms with E-state index in [0.717, 1.165) is 5.56 Å². The lowest BCUT2D eigenvalue weighted by molar-refractivity contribution is 0.0971. The maximum Gasteiger partial charge on any atom is 0.191 e. The van der Waals surface area contributed by atoms with Crippen molar-refractivity contribution in [3.05, 3.63) is 65.0 Å². The molecule has 0 bridgehead atoms. The van der Waals surface area contributed by atoms with Crippen molar-refractivity contribution in [3.8, 4) is 11.8 Å². The Morgan fingerprint density at radius 2 is 1.90 bits per heavy atom. The topological polar surface area (TPSA) is 50.1 Å². The number of carbonyl (C=O) groups is 1. The minimum atomic E-state index is -1.06. The average molecular weight is 283 g/mol. The van der Waals surface area contributed by atoms with E-state index in [1.165, 1.54) is 25.3 Å². The summed E-state index contributed by atoms with van der Waals surface area (Å²) in [6.45, 7) is 1.91. The largest absolute Gasteiger partial charge is 0.496 e. The number of ether oxygens (including phenoxy) is 1. The van der Waals surface area contributed by atoms with E-state index in [1.54, 1.807) is 12.1 Å². The Morgan fingerprint density at radius 3 is 2.48 bits per heavy atom. The Morgan fingerprint density at radius 1 is 1.24 bits per heavy atom. The summed E-state index contributed by atoms with van der Waals surface area (Å²) in [7, 11) is 1.36. The molecule has 2 aromatic carbocycles. The lowest BCUT2D eigenvalue weighted by Crippen LogP contribution is -2.14. The lowest BCUT2D eigenvalue weighted by atomic mass is 9.90. The van der Waals surface area contributed by atoms with E-state index in [4.69, 9.17) is 4.74 Å². The third-order valence-corrected chi connectivity index (χ3v) is 3.24. The van der Waals surface area contributed by atoms with Gasteiger partial charge in [0, 0.05) is 0 Å². The zero-order valence-electron chi connectivity index (χ0n) is 11.8. The Bertz CT molecular complexity index is 702. The number of carbonyl (C=O) groups excluding carboxylic acids is 1. The third-order valence-electron chi connectivity index (χ3n) is 3.24. The van der Waals surface area contributed by atoms with Crippen LogP contribution in [0.3, 0.4) is 0 Å². The van der Waals surface area contributed by atoms with Crippen LogP contribution in [0.5, 0.6) is 5.75 Å². The minimum absolute atomic E-state index is 0.132. The van der Waals surface area contributed by atoms with E-state index in [0.29, 0.717) is 5.56 Å². The molecule has 21 heavy (non-hydrogen) atoms. The van der Waals surface area contributed by atoms with Gasteiger partial charge >= 0.3 is 0 Å². The van der Waals surface area contributed by atoms with Crippen molar-refractivity contribution in [1.82, 2.24) is 0 Å². The number of aryl methyl sites for hydroxylation is 1. The fourth-order valence-electron chi connectivity index (χ4n) is 2.10. The first-order valence-electron chi connectivity index (χ1n) is 6.41. The maximum atomic E-state index is 14.0. The predicted octanol–water partition coefficient (Wildman–Crippen LogP) is 3.63. The molecule has 3 nitrogen and oxygen atoms in total. The van der Waals surface area contributed by atoms with Gasteiger partial charge in [-0.3, -0.25) is 4.79 Å². The van der Waals surface area contributed by atoms with Crippen molar-refractivity contribution in [1.29, 1.82) is 5.26 Å². The molecule has 0 heterocycles. The number of benzene rings is 2. The standard InChI is InChI=1S/C17H14FNO2/c1-11-6-8-12(9-7-11)13(10-19)17(20)16-14(18)4-3-5-15(16)21-2/h3-9,13H,1-2H3. The van der Waals surface area contributed by atoms with Crippen molar-refractivity contribution >= 4 is 5.78 Å². The van der Waals surface area contributed by atoms with Gasteiger partial charge < -0.3 is 4.74 Å². The van der Waals surface area contributed by atoms with E-state index in [9.17, 15) is 14.4 Å². The first kappa shape index (κ1) is 14.7. The quantitative estimate of drug-likeness (QED) is 0.805. The molecule has 0 aliphatic heterocycles. The lowest BCUT2D eigenvalue weighted by Gasteiger charge is -2.12. The van der Waals surface area contributed by atoms with Crippen LogP contribution in [-0.2, 0) is 0 Å². The molecule has 0 saturated carbocycles. The van der Waals surface area contributed by atoms with Crippen molar-refractivity contribution < 1.29 is 13.9 Å². The molecule has 2 rings (SSSR count). The van der Waals surface area contributed by atoms with Crippen LogP contribution in [0.1, 0.15) is 27.4 Å². The number of ketones is 1. The monoisotopic (exact) mass is 283 g/mol. The Hall–Kier alpha value is -2.67. The summed E-state index contributed by atoms with van der Waals surface area (Å²) >= 11 is 0. The SMILES string of the molecule is COc1cccc(F)c1C(=O)C(C#N)c1ccc(C)cc1. The highest BCUT2D eigenvalue weighted by Gasteiger charge is 2.27. The van der Waals surface area contributed by atoms with E-state index >= 15 is 0 Å².